The summed E-state index contributed by atoms with van der Waals surface area (Å²) in [6.07, 6.45) is 2.47. The van der Waals surface area contributed by atoms with Gasteiger partial charge in [0.25, 0.3) is 0 Å². The molecule has 0 fully saturated rings. The number of hydrogen-bond acceptors (Lipinski definition) is 1. The lowest BCUT2D eigenvalue weighted by Gasteiger charge is -2.42. The van der Waals surface area contributed by atoms with Crippen LogP contribution in [-0.2, 0) is 10.8 Å². The number of hydrogen-bond donors (Lipinski definition) is 1. The van der Waals surface area contributed by atoms with Crippen LogP contribution in [0.5, 0.6) is 0 Å². The van der Waals surface area contributed by atoms with Crippen molar-refractivity contribution >= 4 is 23.0 Å². The Morgan fingerprint density at radius 3 is 2.14 bits per heavy atom. The topological polar surface area (TPSA) is 12.0 Å². The van der Waals surface area contributed by atoms with Gasteiger partial charge >= 0.3 is 0 Å². The molecule has 2 aromatic rings. The molecule has 0 aromatic heterocycles. The summed E-state index contributed by atoms with van der Waals surface area (Å²) in [4.78, 5) is 0. The second-order valence-electron chi connectivity index (χ2n) is 7.66. The number of nitrogens with one attached hydrogen (secondary N) is 1. The van der Waals surface area contributed by atoms with Crippen molar-refractivity contribution in [3.05, 3.63) is 58.6 Å². The minimum atomic E-state index is 0.233. The minimum Gasteiger partial charge on any atom is -0.355 e. The minimum absolute atomic E-state index is 0.233. The molecule has 0 saturated carbocycles. The van der Waals surface area contributed by atoms with E-state index < -0.39 is 0 Å². The third-order valence-electron chi connectivity index (χ3n) is 4.97. The van der Waals surface area contributed by atoms with Gasteiger partial charge in [0.05, 0.1) is 0 Å². The van der Waals surface area contributed by atoms with Crippen molar-refractivity contribution in [1.82, 2.24) is 0 Å². The fourth-order valence-corrected chi connectivity index (χ4v) is 3.59. The highest BCUT2D eigenvalue weighted by molar-refractivity contribution is 6.30. The van der Waals surface area contributed by atoms with Gasteiger partial charge in [-0.15, -0.1) is 0 Å². The molecule has 0 spiro atoms. The van der Waals surface area contributed by atoms with Crippen molar-refractivity contribution in [1.29, 1.82) is 0 Å². The van der Waals surface area contributed by atoms with E-state index in [1.165, 1.54) is 24.0 Å². The first kappa shape index (κ1) is 15.4. The van der Waals surface area contributed by atoms with Gasteiger partial charge in [0.1, 0.15) is 0 Å². The Morgan fingerprint density at radius 1 is 0.818 bits per heavy atom. The van der Waals surface area contributed by atoms with Crippen LogP contribution in [0.15, 0.2) is 42.5 Å². The van der Waals surface area contributed by atoms with Gasteiger partial charge in [0.15, 0.2) is 0 Å². The molecule has 0 atom stereocenters. The second-order valence-corrected chi connectivity index (χ2v) is 8.10. The molecule has 0 saturated heterocycles. The van der Waals surface area contributed by atoms with Crippen LogP contribution in [0.25, 0.3) is 0 Å². The van der Waals surface area contributed by atoms with E-state index in [1.54, 1.807) is 0 Å². The van der Waals surface area contributed by atoms with E-state index in [0.717, 1.165) is 16.4 Å². The van der Waals surface area contributed by atoms with Crippen LogP contribution in [0.4, 0.5) is 11.4 Å². The maximum atomic E-state index is 6.07. The summed E-state index contributed by atoms with van der Waals surface area (Å²) < 4.78 is 0. The smallest absolute Gasteiger partial charge is 0.0426 e. The van der Waals surface area contributed by atoms with Gasteiger partial charge < -0.3 is 5.32 Å². The maximum Gasteiger partial charge on any atom is 0.0426 e. The molecule has 2 aromatic carbocycles. The lowest BCUT2D eigenvalue weighted by molar-refractivity contribution is 0.332. The Kier molecular flexibility index (Phi) is 3.72. The Bertz CT molecular complexity index is 701. The highest BCUT2D eigenvalue weighted by Gasteiger charge is 2.36. The monoisotopic (exact) mass is 313 g/mol. The fraction of sp³-hybridized carbons (Fsp3) is 0.400. The molecule has 0 aliphatic heterocycles. The summed E-state index contributed by atoms with van der Waals surface area (Å²) in [6.45, 7) is 9.41. The van der Waals surface area contributed by atoms with Gasteiger partial charge in [-0.3, -0.25) is 0 Å². The van der Waals surface area contributed by atoms with E-state index in [-0.39, 0.29) is 10.8 Å². The molecule has 0 amide bonds. The molecule has 1 aliphatic carbocycles. The highest BCUT2D eigenvalue weighted by atomic mass is 35.5. The molecule has 0 bridgehead atoms. The zero-order chi connectivity index (χ0) is 16.0. The zero-order valence-corrected chi connectivity index (χ0v) is 14.6. The average Bonchev–Trinajstić information content (AvgIpc) is 2.44. The van der Waals surface area contributed by atoms with E-state index in [9.17, 15) is 0 Å². The van der Waals surface area contributed by atoms with Crippen LogP contribution < -0.4 is 5.32 Å². The van der Waals surface area contributed by atoms with Gasteiger partial charge in [-0.05, 0) is 65.1 Å². The molecule has 0 radical (unpaired) electrons. The van der Waals surface area contributed by atoms with E-state index in [2.05, 4.69) is 51.2 Å². The Hall–Kier alpha value is -1.47. The van der Waals surface area contributed by atoms with Crippen LogP contribution in [0.3, 0.4) is 0 Å². The molecule has 0 unspecified atom stereocenters. The molecule has 2 heteroatoms. The van der Waals surface area contributed by atoms with Crippen molar-refractivity contribution in [2.24, 2.45) is 0 Å². The summed E-state index contributed by atoms with van der Waals surface area (Å²) in [5.74, 6) is 0. The number of halogens is 1. The summed E-state index contributed by atoms with van der Waals surface area (Å²) in [6, 6.07) is 14.7. The van der Waals surface area contributed by atoms with Crippen LogP contribution in [0.2, 0.25) is 5.02 Å². The number of fused-ring (bicyclic) bond motifs is 1. The standard InChI is InChI=1S/C20H24ClN/c1-19(2)10-11-20(3,4)18-13-16(8-9-17(18)19)22-15-7-5-6-14(21)12-15/h5-9,12-13,22H,10-11H2,1-4H3. The van der Waals surface area contributed by atoms with Gasteiger partial charge in [-0.2, -0.15) is 0 Å². The number of rotatable bonds is 2. The van der Waals surface area contributed by atoms with E-state index in [4.69, 9.17) is 11.6 Å². The third-order valence-corrected chi connectivity index (χ3v) is 5.20. The quantitative estimate of drug-likeness (QED) is 0.673. The molecule has 116 valence electrons. The third kappa shape index (κ3) is 2.87. The van der Waals surface area contributed by atoms with Gasteiger partial charge in [0, 0.05) is 16.4 Å². The Morgan fingerprint density at radius 2 is 1.45 bits per heavy atom. The SMILES string of the molecule is CC1(C)CCC(C)(C)c2cc(Nc3cccc(Cl)c3)ccc21. The summed E-state index contributed by atoms with van der Waals surface area (Å²) in [5.41, 5.74) is 5.61. The molecule has 1 aliphatic rings. The fourth-order valence-electron chi connectivity index (χ4n) is 3.40. The first-order valence-corrected chi connectivity index (χ1v) is 8.33. The molecule has 0 heterocycles. The summed E-state index contributed by atoms with van der Waals surface area (Å²) >= 11 is 6.07. The lowest BCUT2D eigenvalue weighted by Crippen LogP contribution is -2.33. The van der Waals surface area contributed by atoms with Crippen LogP contribution >= 0.6 is 11.6 Å². The van der Waals surface area contributed by atoms with Gasteiger partial charge in [0.2, 0.25) is 0 Å². The van der Waals surface area contributed by atoms with E-state index in [1.807, 2.05) is 24.3 Å². The van der Waals surface area contributed by atoms with Gasteiger partial charge in [-0.25, -0.2) is 0 Å². The first-order chi connectivity index (χ1) is 10.3. The predicted molar refractivity (Wildman–Crippen MR) is 96.5 cm³/mol. The second kappa shape index (κ2) is 5.31. The lowest BCUT2D eigenvalue weighted by atomic mass is 9.63. The number of anilines is 2. The van der Waals surface area contributed by atoms with Crippen LogP contribution in [0.1, 0.15) is 51.7 Å². The molecular weight excluding hydrogens is 290 g/mol. The molecule has 1 nitrogen and oxygen atoms in total. The van der Waals surface area contributed by atoms with Crippen molar-refractivity contribution in [2.75, 3.05) is 5.32 Å². The van der Waals surface area contributed by atoms with Crippen molar-refractivity contribution in [3.63, 3.8) is 0 Å². The molecule has 22 heavy (non-hydrogen) atoms. The Labute approximate surface area is 138 Å². The van der Waals surface area contributed by atoms with E-state index >= 15 is 0 Å². The molecular formula is C20H24ClN. The average molecular weight is 314 g/mol. The Balaban J connectivity index is 1.99. The molecule has 1 N–H and O–H groups in total. The highest BCUT2D eigenvalue weighted by Crippen LogP contribution is 2.46. The van der Waals surface area contributed by atoms with Crippen LogP contribution in [0, 0.1) is 0 Å². The maximum absolute atomic E-state index is 6.07. The number of benzene rings is 2. The first-order valence-electron chi connectivity index (χ1n) is 7.96. The van der Waals surface area contributed by atoms with Crippen LogP contribution in [-0.4, -0.2) is 0 Å². The largest absolute Gasteiger partial charge is 0.355 e. The summed E-state index contributed by atoms with van der Waals surface area (Å²) in [5, 5.41) is 4.23. The zero-order valence-electron chi connectivity index (χ0n) is 13.8. The predicted octanol–water partition coefficient (Wildman–Crippen LogP) is 6.43. The van der Waals surface area contributed by atoms with Crippen molar-refractivity contribution < 1.29 is 0 Å². The molecule has 3 rings (SSSR count). The normalized spacial score (nSPS) is 18.6. The summed E-state index contributed by atoms with van der Waals surface area (Å²) in [7, 11) is 0. The van der Waals surface area contributed by atoms with Crippen molar-refractivity contribution in [2.45, 2.75) is 51.4 Å². The van der Waals surface area contributed by atoms with Crippen molar-refractivity contribution in [3.8, 4) is 0 Å². The van der Waals surface area contributed by atoms with Gasteiger partial charge in [-0.1, -0.05) is 51.4 Å². The van der Waals surface area contributed by atoms with E-state index in [0.29, 0.717) is 0 Å².